The second kappa shape index (κ2) is 10.2. The molecule has 0 radical (unpaired) electrons. The first-order chi connectivity index (χ1) is 17.6. The quantitative estimate of drug-likeness (QED) is 0.527. The largest absolute Gasteiger partial charge is 0.486 e. The van der Waals surface area contributed by atoms with E-state index in [0.29, 0.717) is 25.3 Å². The zero-order valence-electron chi connectivity index (χ0n) is 21.8. The molecule has 2 aromatic rings. The molecular formula is C29H36F2N2O4. The molecule has 0 unspecified atom stereocenters. The van der Waals surface area contributed by atoms with Crippen LogP contribution in [0.1, 0.15) is 57.1 Å². The first kappa shape index (κ1) is 25.9. The fourth-order valence-corrected chi connectivity index (χ4v) is 5.72. The SMILES string of the molecule is CC(C)(C)OC(=O)N1CC2(C[C@H](N3CCC(c4cc(F)cc(F)c4OCc4ccccc4)CC3)CO2)C1. The molecule has 3 heterocycles. The van der Waals surface area contributed by atoms with Gasteiger partial charge in [-0.05, 0) is 70.7 Å². The number of hydrogen-bond acceptors (Lipinski definition) is 5. The van der Waals surface area contributed by atoms with Crippen molar-refractivity contribution < 1.29 is 27.8 Å². The van der Waals surface area contributed by atoms with Crippen LogP contribution in [0.15, 0.2) is 42.5 Å². The number of nitrogens with zero attached hydrogens (tertiary/aromatic N) is 2. The Morgan fingerprint density at radius 2 is 1.81 bits per heavy atom. The Labute approximate surface area is 217 Å². The molecule has 1 atom stereocenters. The summed E-state index contributed by atoms with van der Waals surface area (Å²) in [7, 11) is 0. The van der Waals surface area contributed by atoms with Gasteiger partial charge in [0.15, 0.2) is 11.6 Å². The molecule has 0 bridgehead atoms. The Hall–Kier alpha value is -2.71. The Balaban J connectivity index is 1.16. The van der Waals surface area contributed by atoms with Gasteiger partial charge in [-0.15, -0.1) is 0 Å². The Morgan fingerprint density at radius 3 is 2.49 bits per heavy atom. The van der Waals surface area contributed by atoms with E-state index in [0.717, 1.165) is 44.0 Å². The number of carbonyl (C=O) groups excluding carboxylic acids is 1. The number of ether oxygens (including phenoxy) is 3. The minimum atomic E-state index is -0.654. The van der Waals surface area contributed by atoms with E-state index in [1.807, 2.05) is 51.1 Å². The van der Waals surface area contributed by atoms with Crippen LogP contribution in [0.2, 0.25) is 0 Å². The van der Waals surface area contributed by atoms with Crippen LogP contribution in [-0.2, 0) is 16.1 Å². The lowest BCUT2D eigenvalue weighted by Gasteiger charge is -2.47. The van der Waals surface area contributed by atoms with Crippen LogP contribution in [0.25, 0.3) is 0 Å². The van der Waals surface area contributed by atoms with Gasteiger partial charge in [0, 0.05) is 17.7 Å². The molecule has 1 spiro atoms. The predicted molar refractivity (Wildman–Crippen MR) is 136 cm³/mol. The lowest BCUT2D eigenvalue weighted by Crippen LogP contribution is -2.64. The van der Waals surface area contributed by atoms with Crippen LogP contribution < -0.4 is 4.74 Å². The second-order valence-electron chi connectivity index (χ2n) is 11.6. The first-order valence-corrected chi connectivity index (χ1v) is 13.1. The molecule has 3 fully saturated rings. The molecule has 1 amide bonds. The number of piperidine rings is 1. The summed E-state index contributed by atoms with van der Waals surface area (Å²) >= 11 is 0. The lowest BCUT2D eigenvalue weighted by atomic mass is 9.86. The lowest BCUT2D eigenvalue weighted by molar-refractivity contribution is -0.109. The third-order valence-electron chi connectivity index (χ3n) is 7.55. The molecule has 2 aromatic carbocycles. The molecule has 6 nitrogen and oxygen atoms in total. The van der Waals surface area contributed by atoms with Crippen molar-refractivity contribution in [2.75, 3.05) is 32.8 Å². The molecule has 5 rings (SSSR count). The molecular weight excluding hydrogens is 478 g/mol. The molecule has 0 aliphatic carbocycles. The molecule has 0 aromatic heterocycles. The van der Waals surface area contributed by atoms with Gasteiger partial charge in [-0.2, -0.15) is 0 Å². The van der Waals surface area contributed by atoms with Crippen LogP contribution in [0, 0.1) is 11.6 Å². The van der Waals surface area contributed by atoms with Crippen molar-refractivity contribution in [3.8, 4) is 5.75 Å². The summed E-state index contributed by atoms with van der Waals surface area (Å²) < 4.78 is 46.5. The number of hydrogen-bond donors (Lipinski definition) is 0. The van der Waals surface area contributed by atoms with Gasteiger partial charge in [-0.25, -0.2) is 13.6 Å². The van der Waals surface area contributed by atoms with Crippen molar-refractivity contribution in [1.29, 1.82) is 0 Å². The minimum absolute atomic E-state index is 0.0230. The zero-order valence-corrected chi connectivity index (χ0v) is 21.8. The third-order valence-corrected chi connectivity index (χ3v) is 7.55. The Morgan fingerprint density at radius 1 is 1.11 bits per heavy atom. The molecule has 200 valence electrons. The highest BCUT2D eigenvalue weighted by Crippen LogP contribution is 2.41. The monoisotopic (exact) mass is 514 g/mol. The fourth-order valence-electron chi connectivity index (χ4n) is 5.72. The van der Waals surface area contributed by atoms with Crippen molar-refractivity contribution in [2.45, 2.75) is 69.8 Å². The Kier molecular flexibility index (Phi) is 7.16. The van der Waals surface area contributed by atoms with Gasteiger partial charge < -0.3 is 19.1 Å². The van der Waals surface area contributed by atoms with Crippen LogP contribution in [0.5, 0.6) is 5.75 Å². The summed E-state index contributed by atoms with van der Waals surface area (Å²) in [6.07, 6.45) is 2.16. The normalized spacial score (nSPS) is 22.2. The van der Waals surface area contributed by atoms with E-state index in [4.69, 9.17) is 14.2 Å². The number of likely N-dealkylation sites (tertiary alicyclic amines) is 2. The molecule has 3 saturated heterocycles. The molecule has 0 N–H and O–H groups in total. The van der Waals surface area contributed by atoms with Crippen LogP contribution in [-0.4, -0.2) is 65.9 Å². The van der Waals surface area contributed by atoms with Crippen LogP contribution in [0.3, 0.4) is 0 Å². The van der Waals surface area contributed by atoms with E-state index in [2.05, 4.69) is 4.90 Å². The highest BCUT2D eigenvalue weighted by atomic mass is 19.1. The van der Waals surface area contributed by atoms with E-state index in [-0.39, 0.29) is 36.0 Å². The summed E-state index contributed by atoms with van der Waals surface area (Å²) in [6.45, 7) is 9.21. The molecule has 3 aliphatic rings. The summed E-state index contributed by atoms with van der Waals surface area (Å²) in [4.78, 5) is 16.4. The number of carbonyl (C=O) groups is 1. The topological polar surface area (TPSA) is 51.2 Å². The summed E-state index contributed by atoms with van der Waals surface area (Å²) in [6, 6.07) is 12.2. The van der Waals surface area contributed by atoms with Gasteiger partial charge in [-0.1, -0.05) is 30.3 Å². The van der Waals surface area contributed by atoms with Crippen molar-refractivity contribution in [3.63, 3.8) is 0 Å². The maximum absolute atomic E-state index is 14.8. The van der Waals surface area contributed by atoms with Crippen molar-refractivity contribution in [1.82, 2.24) is 9.80 Å². The Bertz CT molecular complexity index is 1110. The number of amides is 1. The predicted octanol–water partition coefficient (Wildman–Crippen LogP) is 5.50. The summed E-state index contributed by atoms with van der Waals surface area (Å²) in [5.74, 6) is -1.05. The number of halogens is 2. The second-order valence-corrected chi connectivity index (χ2v) is 11.6. The highest BCUT2D eigenvalue weighted by molar-refractivity contribution is 5.69. The van der Waals surface area contributed by atoms with Crippen molar-refractivity contribution in [3.05, 3.63) is 65.2 Å². The highest BCUT2D eigenvalue weighted by Gasteiger charge is 2.53. The van der Waals surface area contributed by atoms with Crippen LogP contribution >= 0.6 is 0 Å². The summed E-state index contributed by atoms with van der Waals surface area (Å²) in [5.41, 5.74) is 0.741. The average Bonchev–Trinajstić information content (AvgIpc) is 3.28. The van der Waals surface area contributed by atoms with Crippen molar-refractivity contribution in [2.24, 2.45) is 0 Å². The van der Waals surface area contributed by atoms with E-state index < -0.39 is 17.2 Å². The fraction of sp³-hybridized carbons (Fsp3) is 0.552. The molecule has 0 saturated carbocycles. The molecule has 3 aliphatic heterocycles. The average molecular weight is 515 g/mol. The molecule has 8 heteroatoms. The minimum Gasteiger partial charge on any atom is -0.486 e. The van der Waals surface area contributed by atoms with Gasteiger partial charge in [0.05, 0.1) is 19.7 Å². The van der Waals surface area contributed by atoms with E-state index in [1.165, 1.54) is 6.07 Å². The van der Waals surface area contributed by atoms with Gasteiger partial charge in [0.2, 0.25) is 0 Å². The van der Waals surface area contributed by atoms with E-state index in [1.54, 1.807) is 4.90 Å². The van der Waals surface area contributed by atoms with Crippen LogP contribution in [0.4, 0.5) is 13.6 Å². The number of rotatable bonds is 5. The van der Waals surface area contributed by atoms with Gasteiger partial charge in [0.25, 0.3) is 0 Å². The third kappa shape index (κ3) is 5.91. The van der Waals surface area contributed by atoms with Gasteiger partial charge in [0.1, 0.15) is 23.6 Å². The van der Waals surface area contributed by atoms with E-state index in [9.17, 15) is 13.6 Å². The molecule has 37 heavy (non-hydrogen) atoms. The maximum atomic E-state index is 14.8. The van der Waals surface area contributed by atoms with Crippen molar-refractivity contribution >= 4 is 6.09 Å². The summed E-state index contributed by atoms with van der Waals surface area (Å²) in [5, 5.41) is 0. The van der Waals surface area contributed by atoms with Gasteiger partial charge >= 0.3 is 6.09 Å². The van der Waals surface area contributed by atoms with Gasteiger partial charge in [-0.3, -0.25) is 4.90 Å². The standard InChI is InChI=1S/C29H36F2N2O4/c1-28(2,3)37-27(34)33-18-29(19-33)15-23(17-36-29)32-11-9-21(10-12-32)24-13-22(30)14-25(31)26(24)35-16-20-7-5-4-6-8-20/h4-8,13-14,21,23H,9-12,15-19H2,1-3H3/t23-/m0/s1. The smallest absolute Gasteiger partial charge is 0.410 e. The maximum Gasteiger partial charge on any atom is 0.410 e. The first-order valence-electron chi connectivity index (χ1n) is 13.1. The zero-order chi connectivity index (χ0) is 26.2. The van der Waals surface area contributed by atoms with E-state index >= 15 is 0 Å². The number of benzene rings is 2.